The molecule has 0 aromatic heterocycles. The van der Waals surface area contributed by atoms with E-state index in [1.165, 1.54) is 12.8 Å². The molecule has 102 valence electrons. The lowest BCUT2D eigenvalue weighted by molar-refractivity contribution is -0.120. The number of rotatable bonds is 7. The highest BCUT2D eigenvalue weighted by molar-refractivity contribution is 5.92. The fourth-order valence-electron chi connectivity index (χ4n) is 1.81. The van der Waals surface area contributed by atoms with Crippen LogP contribution in [0.2, 0.25) is 0 Å². The van der Waals surface area contributed by atoms with Crippen LogP contribution in [-0.4, -0.2) is 24.9 Å². The molecule has 1 aromatic rings. The van der Waals surface area contributed by atoms with Gasteiger partial charge < -0.3 is 16.4 Å². The van der Waals surface area contributed by atoms with Crippen molar-refractivity contribution >= 4 is 11.8 Å². The maximum absolute atomic E-state index is 11.6. The molecule has 1 aromatic carbocycles. The third kappa shape index (κ3) is 4.71. The first kappa shape index (κ1) is 13.5. The standard InChI is InChI=1S/C14H19N3O2/c15-14(19)12-3-1-2-11(6-12)8-17-13(18)9-16-7-10-4-5-10/h1-3,6,10,16H,4-5,7-9H2,(H2,15,19)(H,17,18). The average Bonchev–Trinajstić information content (AvgIpc) is 3.21. The van der Waals surface area contributed by atoms with Crippen LogP contribution in [0, 0.1) is 5.92 Å². The molecule has 0 radical (unpaired) electrons. The molecule has 1 fully saturated rings. The summed E-state index contributed by atoms with van der Waals surface area (Å²) in [6.45, 7) is 1.67. The molecule has 4 N–H and O–H groups in total. The Morgan fingerprint density at radius 2 is 2.11 bits per heavy atom. The zero-order valence-electron chi connectivity index (χ0n) is 10.8. The van der Waals surface area contributed by atoms with Crippen LogP contribution in [0.5, 0.6) is 0 Å². The molecule has 0 heterocycles. The Balaban J connectivity index is 1.72. The summed E-state index contributed by atoms with van der Waals surface area (Å²) in [5.41, 5.74) is 6.53. The van der Waals surface area contributed by atoms with Gasteiger partial charge in [0.25, 0.3) is 0 Å². The highest BCUT2D eigenvalue weighted by Crippen LogP contribution is 2.27. The minimum absolute atomic E-state index is 0.0369. The first-order valence-electron chi connectivity index (χ1n) is 6.51. The van der Waals surface area contributed by atoms with E-state index < -0.39 is 5.91 Å². The molecule has 0 bridgehead atoms. The van der Waals surface area contributed by atoms with Crippen molar-refractivity contribution in [1.82, 2.24) is 10.6 Å². The fourth-order valence-corrected chi connectivity index (χ4v) is 1.81. The molecule has 2 rings (SSSR count). The summed E-state index contributed by atoms with van der Waals surface area (Å²) in [6.07, 6.45) is 2.54. The van der Waals surface area contributed by atoms with Gasteiger partial charge in [-0.25, -0.2) is 0 Å². The molecule has 1 aliphatic rings. The quantitative estimate of drug-likeness (QED) is 0.664. The van der Waals surface area contributed by atoms with E-state index in [2.05, 4.69) is 10.6 Å². The van der Waals surface area contributed by atoms with Crippen molar-refractivity contribution < 1.29 is 9.59 Å². The molecule has 2 amide bonds. The largest absolute Gasteiger partial charge is 0.366 e. The number of carbonyl (C=O) groups is 2. The molecule has 0 aliphatic heterocycles. The number of hydrogen-bond acceptors (Lipinski definition) is 3. The second-order valence-corrected chi connectivity index (χ2v) is 4.92. The lowest BCUT2D eigenvalue weighted by Gasteiger charge is -2.07. The third-order valence-corrected chi connectivity index (χ3v) is 3.12. The van der Waals surface area contributed by atoms with Gasteiger partial charge in [0, 0.05) is 12.1 Å². The molecule has 0 atom stereocenters. The van der Waals surface area contributed by atoms with Crippen LogP contribution in [0.1, 0.15) is 28.8 Å². The van der Waals surface area contributed by atoms with Crippen LogP contribution in [0.4, 0.5) is 0 Å². The van der Waals surface area contributed by atoms with Gasteiger partial charge in [0.2, 0.25) is 11.8 Å². The van der Waals surface area contributed by atoms with Gasteiger partial charge >= 0.3 is 0 Å². The minimum Gasteiger partial charge on any atom is -0.366 e. The molecule has 5 nitrogen and oxygen atoms in total. The number of amides is 2. The van der Waals surface area contributed by atoms with Gasteiger partial charge in [0.15, 0.2) is 0 Å². The topological polar surface area (TPSA) is 84.2 Å². The van der Waals surface area contributed by atoms with Crippen molar-refractivity contribution in [1.29, 1.82) is 0 Å². The van der Waals surface area contributed by atoms with Gasteiger partial charge in [0.05, 0.1) is 6.54 Å². The van der Waals surface area contributed by atoms with Crippen LogP contribution in [-0.2, 0) is 11.3 Å². The van der Waals surface area contributed by atoms with Crippen LogP contribution < -0.4 is 16.4 Å². The van der Waals surface area contributed by atoms with E-state index in [4.69, 9.17) is 5.73 Å². The van der Waals surface area contributed by atoms with Crippen molar-refractivity contribution in [2.24, 2.45) is 11.7 Å². The summed E-state index contributed by atoms with van der Waals surface area (Å²) in [6, 6.07) is 6.96. The number of nitrogens with two attached hydrogens (primary N) is 1. The second-order valence-electron chi connectivity index (χ2n) is 4.92. The third-order valence-electron chi connectivity index (χ3n) is 3.12. The molecule has 0 saturated heterocycles. The maximum atomic E-state index is 11.6. The predicted molar refractivity (Wildman–Crippen MR) is 72.4 cm³/mol. The highest BCUT2D eigenvalue weighted by atomic mass is 16.2. The molecule has 19 heavy (non-hydrogen) atoms. The molecular weight excluding hydrogens is 242 g/mol. The Bertz CT molecular complexity index is 470. The zero-order chi connectivity index (χ0) is 13.7. The van der Waals surface area contributed by atoms with Gasteiger partial charge in [-0.05, 0) is 43.0 Å². The molecule has 5 heteroatoms. The fraction of sp³-hybridized carbons (Fsp3) is 0.429. The molecular formula is C14H19N3O2. The van der Waals surface area contributed by atoms with Gasteiger partial charge in [-0.3, -0.25) is 9.59 Å². The summed E-state index contributed by atoms with van der Waals surface area (Å²) < 4.78 is 0. The lowest BCUT2D eigenvalue weighted by Crippen LogP contribution is -2.34. The smallest absolute Gasteiger partial charge is 0.248 e. The van der Waals surface area contributed by atoms with Crippen LogP contribution >= 0.6 is 0 Å². The van der Waals surface area contributed by atoms with E-state index in [1.54, 1.807) is 18.2 Å². The van der Waals surface area contributed by atoms with E-state index in [1.807, 2.05) is 6.07 Å². The lowest BCUT2D eigenvalue weighted by atomic mass is 10.1. The van der Waals surface area contributed by atoms with Crippen molar-refractivity contribution in [3.05, 3.63) is 35.4 Å². The van der Waals surface area contributed by atoms with E-state index in [9.17, 15) is 9.59 Å². The summed E-state index contributed by atoms with van der Waals surface area (Å²) in [5, 5.41) is 5.93. The Morgan fingerprint density at radius 3 is 2.79 bits per heavy atom. The van der Waals surface area contributed by atoms with Crippen molar-refractivity contribution in [3.8, 4) is 0 Å². The summed E-state index contributed by atoms with van der Waals surface area (Å²) >= 11 is 0. The number of nitrogens with one attached hydrogen (secondary N) is 2. The summed E-state index contributed by atoms with van der Waals surface area (Å²) in [5.74, 6) is 0.268. The van der Waals surface area contributed by atoms with Crippen molar-refractivity contribution in [2.45, 2.75) is 19.4 Å². The molecule has 1 aliphatic carbocycles. The normalized spacial score (nSPS) is 14.1. The first-order valence-corrected chi connectivity index (χ1v) is 6.51. The van der Waals surface area contributed by atoms with Gasteiger partial charge in [0.1, 0.15) is 0 Å². The van der Waals surface area contributed by atoms with E-state index >= 15 is 0 Å². The number of primary amides is 1. The van der Waals surface area contributed by atoms with E-state index in [0.717, 1.165) is 18.0 Å². The maximum Gasteiger partial charge on any atom is 0.248 e. The minimum atomic E-state index is -0.459. The van der Waals surface area contributed by atoms with Gasteiger partial charge in [-0.2, -0.15) is 0 Å². The average molecular weight is 261 g/mol. The number of carbonyl (C=O) groups excluding carboxylic acids is 2. The van der Waals surface area contributed by atoms with Crippen molar-refractivity contribution in [2.75, 3.05) is 13.1 Å². The Labute approximate surface area is 112 Å². The Kier molecular flexibility index (Phi) is 4.52. The Hall–Kier alpha value is -1.88. The van der Waals surface area contributed by atoms with Crippen LogP contribution in [0.25, 0.3) is 0 Å². The number of hydrogen-bond donors (Lipinski definition) is 3. The van der Waals surface area contributed by atoms with Crippen LogP contribution in [0.15, 0.2) is 24.3 Å². The van der Waals surface area contributed by atoms with Gasteiger partial charge in [-0.1, -0.05) is 12.1 Å². The SMILES string of the molecule is NC(=O)c1cccc(CNC(=O)CNCC2CC2)c1. The van der Waals surface area contributed by atoms with E-state index in [-0.39, 0.29) is 5.91 Å². The monoisotopic (exact) mass is 261 g/mol. The van der Waals surface area contributed by atoms with Crippen LogP contribution in [0.3, 0.4) is 0 Å². The summed E-state index contributed by atoms with van der Waals surface area (Å²) in [4.78, 5) is 22.6. The van der Waals surface area contributed by atoms with E-state index in [0.29, 0.717) is 18.7 Å². The zero-order valence-corrected chi connectivity index (χ0v) is 10.8. The predicted octanol–water partition coefficient (Wildman–Crippen LogP) is 0.401. The summed E-state index contributed by atoms with van der Waals surface area (Å²) in [7, 11) is 0. The molecule has 1 saturated carbocycles. The molecule has 0 unspecified atom stereocenters. The number of benzene rings is 1. The Morgan fingerprint density at radius 1 is 1.32 bits per heavy atom. The second kappa shape index (κ2) is 6.33. The van der Waals surface area contributed by atoms with Crippen molar-refractivity contribution in [3.63, 3.8) is 0 Å². The first-order chi connectivity index (χ1) is 9.15. The molecule has 0 spiro atoms. The van der Waals surface area contributed by atoms with Gasteiger partial charge in [-0.15, -0.1) is 0 Å². The highest BCUT2D eigenvalue weighted by Gasteiger charge is 2.20.